The van der Waals surface area contributed by atoms with E-state index in [4.69, 9.17) is 10.5 Å². The molecule has 3 N–H and O–H groups in total. The monoisotopic (exact) mass is 363 g/mol. The van der Waals surface area contributed by atoms with Crippen molar-refractivity contribution < 1.29 is 4.74 Å². The number of aryl methyl sites for hydroxylation is 2. The number of anilines is 2. The Kier molecular flexibility index (Phi) is 4.79. The molecule has 0 unspecified atom stereocenters. The fourth-order valence-corrected chi connectivity index (χ4v) is 3.67. The molecule has 0 radical (unpaired) electrons. The molecule has 2 aromatic heterocycles. The zero-order chi connectivity index (χ0) is 18.8. The number of benzene rings is 1. The Balaban J connectivity index is 1.41. The van der Waals surface area contributed by atoms with E-state index in [9.17, 15) is 0 Å². The number of nitrogens with zero attached hydrogens (tertiary/aromatic N) is 3. The van der Waals surface area contributed by atoms with Crippen LogP contribution in [0.25, 0.3) is 10.9 Å². The van der Waals surface area contributed by atoms with E-state index in [1.54, 1.807) is 0 Å². The second kappa shape index (κ2) is 7.39. The normalized spacial score (nSPS) is 19.8. The minimum absolute atomic E-state index is 0.188. The summed E-state index contributed by atoms with van der Waals surface area (Å²) in [6.07, 6.45) is 7.89. The summed E-state index contributed by atoms with van der Waals surface area (Å²) in [6.45, 7) is 3.94. The number of nitrogens with two attached hydrogens (primary N) is 1. The Hall–Kier alpha value is -2.89. The molecule has 6 nitrogen and oxygen atoms in total. The molecule has 0 saturated heterocycles. The van der Waals surface area contributed by atoms with Crippen molar-refractivity contribution in [1.82, 2.24) is 15.0 Å². The SMILES string of the molecule is Cc1cnc(N[C@H]2CC[C@H](Oc3cccc4nc(C)cc(N)c34)CC2)nc1. The van der Waals surface area contributed by atoms with Crippen LogP contribution in [0.3, 0.4) is 0 Å². The van der Waals surface area contributed by atoms with Crippen molar-refractivity contribution in [3.05, 3.63) is 47.9 Å². The summed E-state index contributed by atoms with van der Waals surface area (Å²) in [7, 11) is 0. The minimum atomic E-state index is 0.188. The van der Waals surface area contributed by atoms with Gasteiger partial charge in [0.15, 0.2) is 0 Å². The van der Waals surface area contributed by atoms with E-state index in [2.05, 4.69) is 20.3 Å². The molecule has 1 aliphatic rings. The lowest BCUT2D eigenvalue weighted by Crippen LogP contribution is -2.31. The Morgan fingerprint density at radius 1 is 1.07 bits per heavy atom. The third kappa shape index (κ3) is 3.94. The summed E-state index contributed by atoms with van der Waals surface area (Å²) in [5, 5.41) is 4.34. The van der Waals surface area contributed by atoms with Gasteiger partial charge in [0.25, 0.3) is 0 Å². The summed E-state index contributed by atoms with van der Waals surface area (Å²) in [4.78, 5) is 13.2. The maximum atomic E-state index is 6.32. The van der Waals surface area contributed by atoms with E-state index in [-0.39, 0.29) is 6.10 Å². The molecule has 27 heavy (non-hydrogen) atoms. The van der Waals surface area contributed by atoms with Crippen molar-refractivity contribution in [1.29, 1.82) is 0 Å². The van der Waals surface area contributed by atoms with Gasteiger partial charge in [0, 0.05) is 29.8 Å². The van der Waals surface area contributed by atoms with Gasteiger partial charge in [0.05, 0.1) is 17.0 Å². The lowest BCUT2D eigenvalue weighted by Gasteiger charge is -2.30. The summed E-state index contributed by atoms with van der Waals surface area (Å²) in [5.74, 6) is 1.53. The van der Waals surface area contributed by atoms with E-state index < -0.39 is 0 Å². The largest absolute Gasteiger partial charge is 0.490 e. The van der Waals surface area contributed by atoms with Gasteiger partial charge < -0.3 is 15.8 Å². The molecule has 0 spiro atoms. The second-order valence-corrected chi connectivity index (χ2v) is 7.32. The van der Waals surface area contributed by atoms with Gasteiger partial charge in [-0.1, -0.05) is 6.07 Å². The van der Waals surface area contributed by atoms with E-state index in [0.717, 1.165) is 59.3 Å². The van der Waals surface area contributed by atoms with Gasteiger partial charge in [-0.05, 0) is 63.3 Å². The van der Waals surface area contributed by atoms with Crippen molar-refractivity contribution in [3.63, 3.8) is 0 Å². The zero-order valence-corrected chi connectivity index (χ0v) is 15.8. The van der Waals surface area contributed by atoms with Crippen LogP contribution in [0.4, 0.5) is 11.6 Å². The minimum Gasteiger partial charge on any atom is -0.490 e. The molecule has 0 amide bonds. The third-order valence-electron chi connectivity index (χ3n) is 5.04. The second-order valence-electron chi connectivity index (χ2n) is 7.32. The van der Waals surface area contributed by atoms with Gasteiger partial charge in [-0.15, -0.1) is 0 Å². The predicted octanol–water partition coefficient (Wildman–Crippen LogP) is 4.03. The molecular formula is C21H25N5O. The van der Waals surface area contributed by atoms with E-state index in [1.807, 2.05) is 50.5 Å². The predicted molar refractivity (Wildman–Crippen MR) is 108 cm³/mol. The van der Waals surface area contributed by atoms with Gasteiger partial charge in [-0.25, -0.2) is 9.97 Å². The summed E-state index contributed by atoms with van der Waals surface area (Å²) in [5.41, 5.74) is 9.83. The average molecular weight is 363 g/mol. The van der Waals surface area contributed by atoms with Crippen LogP contribution in [-0.2, 0) is 0 Å². The van der Waals surface area contributed by atoms with Gasteiger partial charge >= 0.3 is 0 Å². The molecule has 140 valence electrons. The molecule has 6 heteroatoms. The van der Waals surface area contributed by atoms with Crippen LogP contribution < -0.4 is 15.8 Å². The first-order chi connectivity index (χ1) is 13.1. The van der Waals surface area contributed by atoms with Gasteiger partial charge in [0.2, 0.25) is 5.95 Å². The molecule has 1 aliphatic carbocycles. The first kappa shape index (κ1) is 17.5. The summed E-state index contributed by atoms with van der Waals surface area (Å²) in [6, 6.07) is 8.23. The van der Waals surface area contributed by atoms with Crippen molar-refractivity contribution in [2.75, 3.05) is 11.1 Å². The number of hydrogen-bond acceptors (Lipinski definition) is 6. The third-order valence-corrected chi connectivity index (χ3v) is 5.04. The summed E-state index contributed by atoms with van der Waals surface area (Å²) < 4.78 is 6.32. The molecule has 2 heterocycles. The number of nitrogen functional groups attached to an aromatic ring is 1. The number of aromatic nitrogens is 3. The van der Waals surface area contributed by atoms with Gasteiger partial charge in [-0.3, -0.25) is 4.98 Å². The molecule has 1 aromatic carbocycles. The van der Waals surface area contributed by atoms with Crippen LogP contribution in [0, 0.1) is 13.8 Å². The van der Waals surface area contributed by atoms with E-state index in [0.29, 0.717) is 12.0 Å². The highest BCUT2D eigenvalue weighted by Gasteiger charge is 2.23. The molecule has 3 aromatic rings. The number of hydrogen-bond donors (Lipinski definition) is 2. The number of ether oxygens (including phenoxy) is 1. The molecule has 0 bridgehead atoms. The van der Waals surface area contributed by atoms with Crippen LogP contribution in [0.1, 0.15) is 36.9 Å². The molecule has 0 atom stereocenters. The first-order valence-electron chi connectivity index (χ1n) is 9.46. The number of rotatable bonds is 4. The Morgan fingerprint density at radius 3 is 2.56 bits per heavy atom. The number of pyridine rings is 1. The van der Waals surface area contributed by atoms with Gasteiger partial charge in [0.1, 0.15) is 5.75 Å². The Bertz CT molecular complexity index is 933. The highest BCUT2D eigenvalue weighted by atomic mass is 16.5. The maximum Gasteiger partial charge on any atom is 0.222 e. The molecular weight excluding hydrogens is 338 g/mol. The fourth-order valence-electron chi connectivity index (χ4n) is 3.67. The molecule has 1 saturated carbocycles. The lowest BCUT2D eigenvalue weighted by molar-refractivity contribution is 0.152. The van der Waals surface area contributed by atoms with Crippen LogP contribution >= 0.6 is 0 Å². The number of nitrogens with one attached hydrogen (secondary N) is 1. The van der Waals surface area contributed by atoms with Crippen LogP contribution in [0.5, 0.6) is 5.75 Å². The fraction of sp³-hybridized carbons (Fsp3) is 0.381. The molecule has 0 aliphatic heterocycles. The van der Waals surface area contributed by atoms with Crippen molar-refractivity contribution >= 4 is 22.5 Å². The van der Waals surface area contributed by atoms with Crippen molar-refractivity contribution in [2.24, 2.45) is 0 Å². The standard InChI is InChI=1S/C21H25N5O/c1-13-11-23-21(24-12-13)26-15-6-8-16(9-7-15)27-19-5-3-4-18-20(19)17(22)10-14(2)25-18/h3-5,10-12,15-16H,6-9H2,1-2H3,(H2,22,25)(H,23,24,26)/t15-,16-. The number of fused-ring (bicyclic) bond motifs is 1. The molecule has 4 rings (SSSR count). The van der Waals surface area contributed by atoms with Crippen molar-refractivity contribution in [3.8, 4) is 5.75 Å². The Labute approximate surface area is 159 Å². The first-order valence-corrected chi connectivity index (χ1v) is 9.46. The maximum absolute atomic E-state index is 6.32. The smallest absolute Gasteiger partial charge is 0.222 e. The highest BCUT2D eigenvalue weighted by molar-refractivity contribution is 5.95. The Morgan fingerprint density at radius 2 is 1.81 bits per heavy atom. The van der Waals surface area contributed by atoms with Crippen LogP contribution in [0.15, 0.2) is 36.7 Å². The zero-order valence-electron chi connectivity index (χ0n) is 15.8. The quantitative estimate of drug-likeness (QED) is 0.728. The van der Waals surface area contributed by atoms with E-state index >= 15 is 0 Å². The summed E-state index contributed by atoms with van der Waals surface area (Å²) >= 11 is 0. The van der Waals surface area contributed by atoms with E-state index in [1.165, 1.54) is 0 Å². The van der Waals surface area contributed by atoms with Crippen molar-refractivity contribution in [2.45, 2.75) is 51.7 Å². The average Bonchev–Trinajstić information content (AvgIpc) is 2.65. The lowest BCUT2D eigenvalue weighted by atomic mass is 9.93. The molecule has 1 fully saturated rings. The van der Waals surface area contributed by atoms with Crippen LogP contribution in [-0.4, -0.2) is 27.1 Å². The topological polar surface area (TPSA) is 86.0 Å². The highest BCUT2D eigenvalue weighted by Crippen LogP contribution is 2.33. The van der Waals surface area contributed by atoms with Gasteiger partial charge in [-0.2, -0.15) is 0 Å². The van der Waals surface area contributed by atoms with Crippen LogP contribution in [0.2, 0.25) is 0 Å².